The van der Waals surface area contributed by atoms with Crippen LogP contribution in [0.3, 0.4) is 0 Å². The maximum atomic E-state index is 10.9. The maximum absolute atomic E-state index is 10.9. The zero-order valence-electron chi connectivity index (χ0n) is 11.2. The third-order valence-corrected chi connectivity index (χ3v) is 5.82. The molecule has 1 atom stereocenters. The Kier molecular flexibility index (Phi) is 4.23. The Bertz CT molecular complexity index is 474. The molecule has 2 saturated heterocycles. The number of carboxylic acids is 1. The third kappa shape index (κ3) is 3.13. The Balaban J connectivity index is 1.63. The van der Waals surface area contributed by atoms with Crippen molar-refractivity contribution in [2.24, 2.45) is 0 Å². The highest BCUT2D eigenvalue weighted by molar-refractivity contribution is 7.99. The number of carboxylic acid groups (broad SMARTS) is 1. The first kappa shape index (κ1) is 14.2. The van der Waals surface area contributed by atoms with Gasteiger partial charge in [0.1, 0.15) is 16.7 Å². The van der Waals surface area contributed by atoms with Crippen molar-refractivity contribution in [1.82, 2.24) is 0 Å². The number of thioether (sulfide) groups is 1. The van der Waals surface area contributed by atoms with Gasteiger partial charge in [-0.15, -0.1) is 11.3 Å². The normalized spacial score (nSPS) is 25.5. The summed E-state index contributed by atoms with van der Waals surface area (Å²) in [6.45, 7) is 0.741. The second-order valence-electron chi connectivity index (χ2n) is 5.33. The van der Waals surface area contributed by atoms with Crippen LogP contribution in [0.5, 0.6) is 5.75 Å². The van der Waals surface area contributed by atoms with Gasteiger partial charge in [0.2, 0.25) is 0 Å². The molecule has 1 unspecified atom stereocenters. The summed E-state index contributed by atoms with van der Waals surface area (Å²) in [5, 5.41) is 10.7. The number of hydrogen-bond acceptors (Lipinski definition) is 5. The van der Waals surface area contributed by atoms with Crippen molar-refractivity contribution >= 4 is 29.1 Å². The molecule has 1 spiro atoms. The van der Waals surface area contributed by atoms with Crippen LogP contribution in [0, 0.1) is 0 Å². The number of thiophene rings is 1. The lowest BCUT2D eigenvalue weighted by Gasteiger charge is -2.43. The van der Waals surface area contributed by atoms with Gasteiger partial charge in [-0.3, -0.25) is 0 Å². The molecule has 0 radical (unpaired) electrons. The minimum Gasteiger partial charge on any atom is -0.489 e. The summed E-state index contributed by atoms with van der Waals surface area (Å²) in [6, 6.07) is 1.62. The van der Waals surface area contributed by atoms with Gasteiger partial charge in [-0.2, -0.15) is 11.8 Å². The standard InChI is InChI=1S/C14H18O4S2/c15-13(16)12-7-11(9-20-12)18-10-1-4-17-14(8-10)2-5-19-6-3-14/h7,9-10H,1-6,8H2,(H,15,16). The van der Waals surface area contributed by atoms with Crippen LogP contribution in [-0.4, -0.2) is 40.9 Å². The molecular formula is C14H18O4S2. The van der Waals surface area contributed by atoms with E-state index in [9.17, 15) is 4.79 Å². The fourth-order valence-corrected chi connectivity index (χ4v) is 4.75. The molecule has 1 N–H and O–H groups in total. The van der Waals surface area contributed by atoms with Gasteiger partial charge in [-0.25, -0.2) is 4.79 Å². The molecule has 20 heavy (non-hydrogen) atoms. The predicted octanol–water partition coefficient (Wildman–Crippen LogP) is 3.27. The van der Waals surface area contributed by atoms with E-state index in [0.29, 0.717) is 10.6 Å². The summed E-state index contributed by atoms with van der Waals surface area (Å²) in [4.78, 5) is 11.2. The van der Waals surface area contributed by atoms with E-state index in [2.05, 4.69) is 0 Å². The summed E-state index contributed by atoms with van der Waals surface area (Å²) < 4.78 is 12.0. The van der Waals surface area contributed by atoms with E-state index < -0.39 is 5.97 Å². The lowest BCUT2D eigenvalue weighted by molar-refractivity contribution is -0.116. The molecule has 2 aliphatic rings. The highest BCUT2D eigenvalue weighted by Gasteiger charge is 2.39. The van der Waals surface area contributed by atoms with Crippen molar-refractivity contribution < 1.29 is 19.4 Å². The van der Waals surface area contributed by atoms with E-state index in [0.717, 1.165) is 43.8 Å². The summed E-state index contributed by atoms with van der Waals surface area (Å²) in [6.07, 6.45) is 4.14. The molecule has 0 aromatic carbocycles. The van der Waals surface area contributed by atoms with Crippen molar-refractivity contribution in [2.75, 3.05) is 18.1 Å². The van der Waals surface area contributed by atoms with Gasteiger partial charge >= 0.3 is 5.97 Å². The molecule has 0 amide bonds. The Labute approximate surface area is 126 Å². The molecule has 3 heterocycles. The van der Waals surface area contributed by atoms with E-state index in [1.54, 1.807) is 11.4 Å². The first-order valence-electron chi connectivity index (χ1n) is 6.87. The zero-order valence-corrected chi connectivity index (χ0v) is 12.8. The van der Waals surface area contributed by atoms with E-state index in [4.69, 9.17) is 14.6 Å². The molecule has 6 heteroatoms. The SMILES string of the molecule is O=C(O)c1cc(OC2CCOC3(CCSCC3)C2)cs1. The van der Waals surface area contributed by atoms with Gasteiger partial charge in [-0.05, 0) is 24.3 Å². The van der Waals surface area contributed by atoms with Gasteiger partial charge < -0.3 is 14.6 Å². The van der Waals surface area contributed by atoms with Crippen LogP contribution >= 0.6 is 23.1 Å². The first-order valence-corrected chi connectivity index (χ1v) is 8.91. The van der Waals surface area contributed by atoms with Gasteiger partial charge in [-0.1, -0.05) is 0 Å². The average Bonchev–Trinajstić information content (AvgIpc) is 2.88. The highest BCUT2D eigenvalue weighted by atomic mass is 32.2. The third-order valence-electron chi connectivity index (χ3n) is 3.94. The summed E-state index contributed by atoms with van der Waals surface area (Å²) in [7, 11) is 0. The predicted molar refractivity (Wildman–Crippen MR) is 80.2 cm³/mol. The molecule has 2 fully saturated rings. The molecule has 0 aliphatic carbocycles. The van der Waals surface area contributed by atoms with Crippen LogP contribution in [0.1, 0.15) is 35.4 Å². The van der Waals surface area contributed by atoms with Crippen LogP contribution in [0.15, 0.2) is 11.4 Å². The van der Waals surface area contributed by atoms with E-state index in [1.165, 1.54) is 11.3 Å². The molecule has 0 saturated carbocycles. The Morgan fingerprint density at radius 3 is 2.95 bits per heavy atom. The molecule has 1 aromatic rings. The minimum atomic E-state index is -0.891. The van der Waals surface area contributed by atoms with Crippen molar-refractivity contribution in [3.63, 3.8) is 0 Å². The molecule has 110 valence electrons. The van der Waals surface area contributed by atoms with Crippen molar-refractivity contribution in [2.45, 2.75) is 37.4 Å². The molecule has 3 rings (SSSR count). The lowest BCUT2D eigenvalue weighted by Crippen LogP contribution is -2.46. The highest BCUT2D eigenvalue weighted by Crippen LogP contribution is 2.39. The number of hydrogen-bond donors (Lipinski definition) is 1. The molecule has 4 nitrogen and oxygen atoms in total. The first-order chi connectivity index (χ1) is 9.67. The van der Waals surface area contributed by atoms with Crippen LogP contribution in [0.2, 0.25) is 0 Å². The molecule has 0 bridgehead atoms. The molecule has 1 aromatic heterocycles. The smallest absolute Gasteiger partial charge is 0.346 e. The van der Waals surface area contributed by atoms with Crippen molar-refractivity contribution in [3.05, 3.63) is 16.3 Å². The topological polar surface area (TPSA) is 55.8 Å². The maximum Gasteiger partial charge on any atom is 0.346 e. The minimum absolute atomic E-state index is 0.000182. The average molecular weight is 314 g/mol. The quantitative estimate of drug-likeness (QED) is 0.928. The molecular weight excluding hydrogens is 296 g/mol. The van der Waals surface area contributed by atoms with Crippen LogP contribution in [0.4, 0.5) is 0 Å². The fourth-order valence-electron chi connectivity index (χ4n) is 2.86. The van der Waals surface area contributed by atoms with Crippen LogP contribution in [0.25, 0.3) is 0 Å². The van der Waals surface area contributed by atoms with Gasteiger partial charge in [0.05, 0.1) is 12.2 Å². The molecule has 2 aliphatic heterocycles. The van der Waals surface area contributed by atoms with Gasteiger partial charge in [0.15, 0.2) is 0 Å². The Hall–Kier alpha value is -0.720. The monoisotopic (exact) mass is 314 g/mol. The second kappa shape index (κ2) is 5.95. The van der Waals surface area contributed by atoms with Crippen molar-refractivity contribution in [3.8, 4) is 5.75 Å². The Morgan fingerprint density at radius 1 is 1.45 bits per heavy atom. The van der Waals surface area contributed by atoms with Crippen LogP contribution < -0.4 is 4.74 Å². The Morgan fingerprint density at radius 2 is 2.25 bits per heavy atom. The van der Waals surface area contributed by atoms with E-state index in [1.807, 2.05) is 11.8 Å². The zero-order chi connectivity index (χ0) is 14.0. The summed E-state index contributed by atoms with van der Waals surface area (Å²) in [5.41, 5.74) is -0.000182. The van der Waals surface area contributed by atoms with E-state index >= 15 is 0 Å². The number of rotatable bonds is 3. The summed E-state index contributed by atoms with van der Waals surface area (Å²) in [5.74, 6) is 2.11. The van der Waals surface area contributed by atoms with E-state index in [-0.39, 0.29) is 11.7 Å². The lowest BCUT2D eigenvalue weighted by atomic mass is 9.86. The van der Waals surface area contributed by atoms with Crippen molar-refractivity contribution in [1.29, 1.82) is 0 Å². The fraction of sp³-hybridized carbons (Fsp3) is 0.643. The van der Waals surface area contributed by atoms with Crippen LogP contribution in [-0.2, 0) is 4.74 Å². The van der Waals surface area contributed by atoms with Gasteiger partial charge in [0.25, 0.3) is 0 Å². The largest absolute Gasteiger partial charge is 0.489 e. The number of ether oxygens (including phenoxy) is 2. The number of carbonyl (C=O) groups is 1. The van der Waals surface area contributed by atoms with Gasteiger partial charge in [0, 0.05) is 24.3 Å². The second-order valence-corrected chi connectivity index (χ2v) is 7.46. The summed E-state index contributed by atoms with van der Waals surface area (Å²) >= 11 is 3.20. The number of aromatic carboxylic acids is 1.